The Hall–Kier alpha value is -0.480. The van der Waals surface area contributed by atoms with Crippen molar-refractivity contribution in [2.75, 3.05) is 26.7 Å². The van der Waals surface area contributed by atoms with Crippen molar-refractivity contribution in [3.8, 4) is 5.75 Å². The Kier molecular flexibility index (Phi) is 7.67. The lowest BCUT2D eigenvalue weighted by atomic mass is 10.0. The Balaban J connectivity index is 0.00000200. The van der Waals surface area contributed by atoms with Crippen LogP contribution in [-0.4, -0.2) is 37.7 Å². The van der Waals surface area contributed by atoms with Gasteiger partial charge in [-0.3, -0.25) is 4.90 Å². The number of nitrogens with zero attached hydrogens (tertiary/aromatic N) is 1. The molecule has 0 saturated carbocycles. The van der Waals surface area contributed by atoms with Gasteiger partial charge in [-0.25, -0.2) is 0 Å². The molecule has 0 spiro atoms. The summed E-state index contributed by atoms with van der Waals surface area (Å²) in [5, 5.41) is 4.11. The van der Waals surface area contributed by atoms with Crippen molar-refractivity contribution in [3.63, 3.8) is 0 Å². The van der Waals surface area contributed by atoms with E-state index in [1.807, 2.05) is 19.1 Å². The quantitative estimate of drug-likeness (QED) is 0.901. The summed E-state index contributed by atoms with van der Waals surface area (Å²) in [6.07, 6.45) is 2.42. The molecule has 0 unspecified atom stereocenters. The largest absolute Gasteiger partial charge is 0.492 e. The zero-order chi connectivity index (χ0) is 13.7. The Labute approximate surface area is 133 Å². The van der Waals surface area contributed by atoms with Crippen molar-refractivity contribution < 1.29 is 4.74 Å². The zero-order valence-electron chi connectivity index (χ0n) is 12.2. The molecule has 3 nitrogen and oxygen atoms in total. The minimum atomic E-state index is 0. The smallest absolute Gasteiger partial charge is 0.142 e. The van der Waals surface area contributed by atoms with Crippen LogP contribution in [-0.2, 0) is 6.54 Å². The predicted molar refractivity (Wildman–Crippen MR) is 87.2 cm³/mol. The standard InChI is InChI=1S/C15H23ClN2O.ClH/c1-3-19-15-12(5-4-6-14(15)16)11-18(2)13-7-9-17-10-8-13;/h4-6,13,17H,3,7-11H2,1-2H3;1H. The second-order valence-corrected chi connectivity index (χ2v) is 5.46. The highest BCUT2D eigenvalue weighted by Crippen LogP contribution is 2.30. The van der Waals surface area contributed by atoms with E-state index in [1.165, 1.54) is 18.4 Å². The molecule has 0 radical (unpaired) electrons. The van der Waals surface area contributed by atoms with Crippen molar-refractivity contribution in [3.05, 3.63) is 28.8 Å². The molecule has 1 saturated heterocycles. The molecule has 0 bridgehead atoms. The number of halogens is 2. The molecule has 0 atom stereocenters. The first-order chi connectivity index (χ1) is 9.22. The number of hydrogen-bond acceptors (Lipinski definition) is 3. The average Bonchev–Trinajstić information content (AvgIpc) is 2.43. The van der Waals surface area contributed by atoms with Gasteiger partial charge in [0.2, 0.25) is 0 Å². The molecule has 1 fully saturated rings. The van der Waals surface area contributed by atoms with Crippen molar-refractivity contribution in [1.82, 2.24) is 10.2 Å². The molecule has 5 heteroatoms. The molecule has 1 aromatic carbocycles. The van der Waals surface area contributed by atoms with Gasteiger partial charge in [0, 0.05) is 18.2 Å². The van der Waals surface area contributed by atoms with Crippen LogP contribution in [0.4, 0.5) is 0 Å². The normalized spacial score (nSPS) is 16.0. The highest BCUT2D eigenvalue weighted by atomic mass is 35.5. The number of hydrogen-bond donors (Lipinski definition) is 1. The highest BCUT2D eigenvalue weighted by molar-refractivity contribution is 6.32. The molecule has 0 aliphatic carbocycles. The van der Waals surface area contributed by atoms with Crippen LogP contribution in [0.5, 0.6) is 5.75 Å². The van der Waals surface area contributed by atoms with Gasteiger partial charge in [-0.05, 0) is 46.0 Å². The number of nitrogens with one attached hydrogen (secondary N) is 1. The summed E-state index contributed by atoms with van der Waals surface area (Å²) in [6, 6.07) is 6.64. The van der Waals surface area contributed by atoms with Crippen LogP contribution in [0.1, 0.15) is 25.3 Å². The summed E-state index contributed by atoms with van der Waals surface area (Å²) in [4.78, 5) is 2.41. The van der Waals surface area contributed by atoms with E-state index in [0.717, 1.165) is 25.4 Å². The zero-order valence-corrected chi connectivity index (χ0v) is 13.8. The Morgan fingerprint density at radius 2 is 2.05 bits per heavy atom. The van der Waals surface area contributed by atoms with Crippen LogP contribution in [0.3, 0.4) is 0 Å². The summed E-state index contributed by atoms with van der Waals surface area (Å²) >= 11 is 6.22. The number of benzene rings is 1. The summed E-state index contributed by atoms with van der Waals surface area (Å²) < 4.78 is 5.69. The van der Waals surface area contributed by atoms with Gasteiger partial charge in [0.15, 0.2) is 0 Å². The molecule has 1 aliphatic heterocycles. The van der Waals surface area contributed by atoms with Gasteiger partial charge in [0.25, 0.3) is 0 Å². The third kappa shape index (κ3) is 4.52. The Bertz CT molecular complexity index is 409. The van der Waals surface area contributed by atoms with Gasteiger partial charge < -0.3 is 10.1 Å². The number of piperidine rings is 1. The monoisotopic (exact) mass is 318 g/mol. The van der Waals surface area contributed by atoms with E-state index in [4.69, 9.17) is 16.3 Å². The maximum absolute atomic E-state index is 6.22. The van der Waals surface area contributed by atoms with Crippen LogP contribution in [0, 0.1) is 0 Å². The predicted octanol–water partition coefficient (Wildman–Crippen LogP) is 3.34. The fourth-order valence-corrected chi connectivity index (χ4v) is 2.88. The van der Waals surface area contributed by atoms with Gasteiger partial charge >= 0.3 is 0 Å². The molecule has 0 aromatic heterocycles. The van der Waals surface area contributed by atoms with Crippen LogP contribution < -0.4 is 10.1 Å². The van der Waals surface area contributed by atoms with Crippen LogP contribution in [0.15, 0.2) is 18.2 Å². The molecule has 114 valence electrons. The van der Waals surface area contributed by atoms with Gasteiger partial charge in [0.05, 0.1) is 11.6 Å². The average molecular weight is 319 g/mol. The lowest BCUT2D eigenvalue weighted by Crippen LogP contribution is -2.40. The summed E-state index contributed by atoms with van der Waals surface area (Å²) in [5.74, 6) is 0.840. The van der Waals surface area contributed by atoms with Crippen molar-refractivity contribution >= 4 is 24.0 Å². The van der Waals surface area contributed by atoms with Crippen LogP contribution in [0.25, 0.3) is 0 Å². The molecule has 20 heavy (non-hydrogen) atoms. The first kappa shape index (κ1) is 17.6. The second-order valence-electron chi connectivity index (χ2n) is 5.06. The molecular formula is C15H24Cl2N2O. The van der Waals surface area contributed by atoms with E-state index in [2.05, 4.69) is 23.3 Å². The van der Waals surface area contributed by atoms with Gasteiger partial charge in [-0.2, -0.15) is 0 Å². The molecule has 1 aromatic rings. The summed E-state index contributed by atoms with van der Waals surface area (Å²) in [5.41, 5.74) is 1.18. The fraction of sp³-hybridized carbons (Fsp3) is 0.600. The van der Waals surface area contributed by atoms with Gasteiger partial charge in [-0.15, -0.1) is 12.4 Å². The van der Waals surface area contributed by atoms with Crippen LogP contribution >= 0.6 is 24.0 Å². The number of ether oxygens (including phenoxy) is 1. The lowest BCUT2D eigenvalue weighted by Gasteiger charge is -2.32. The SMILES string of the molecule is CCOc1c(Cl)cccc1CN(C)C1CCNCC1.Cl. The van der Waals surface area contributed by atoms with Gasteiger partial charge in [0.1, 0.15) is 5.75 Å². The van der Waals surface area contributed by atoms with Crippen molar-refractivity contribution in [2.24, 2.45) is 0 Å². The fourth-order valence-electron chi connectivity index (χ4n) is 2.63. The van der Waals surface area contributed by atoms with Crippen LogP contribution in [0.2, 0.25) is 5.02 Å². The maximum Gasteiger partial charge on any atom is 0.142 e. The lowest BCUT2D eigenvalue weighted by molar-refractivity contribution is 0.189. The van der Waals surface area contributed by atoms with E-state index < -0.39 is 0 Å². The first-order valence-corrected chi connectivity index (χ1v) is 7.41. The minimum Gasteiger partial charge on any atom is -0.492 e. The maximum atomic E-state index is 6.22. The highest BCUT2D eigenvalue weighted by Gasteiger charge is 2.19. The van der Waals surface area contributed by atoms with Crippen molar-refractivity contribution in [1.29, 1.82) is 0 Å². The molecule has 1 aliphatic rings. The van der Waals surface area contributed by atoms with E-state index in [0.29, 0.717) is 17.7 Å². The minimum absolute atomic E-state index is 0. The van der Waals surface area contributed by atoms with E-state index in [9.17, 15) is 0 Å². The second kappa shape index (κ2) is 8.73. The number of rotatable bonds is 5. The molecule has 0 amide bonds. The topological polar surface area (TPSA) is 24.5 Å². The molecule has 2 rings (SSSR count). The van der Waals surface area contributed by atoms with Crippen molar-refractivity contribution in [2.45, 2.75) is 32.4 Å². The third-order valence-corrected chi connectivity index (χ3v) is 3.99. The Morgan fingerprint density at radius 1 is 1.35 bits per heavy atom. The number of para-hydroxylation sites is 1. The molecule has 1 N–H and O–H groups in total. The molecular weight excluding hydrogens is 295 g/mol. The third-order valence-electron chi connectivity index (χ3n) is 3.69. The summed E-state index contributed by atoms with van der Waals surface area (Å²) in [6.45, 7) is 5.75. The Morgan fingerprint density at radius 3 is 2.70 bits per heavy atom. The first-order valence-electron chi connectivity index (χ1n) is 7.03. The van der Waals surface area contributed by atoms with E-state index in [-0.39, 0.29) is 12.4 Å². The molecule has 1 heterocycles. The summed E-state index contributed by atoms with van der Waals surface area (Å²) in [7, 11) is 2.19. The van der Waals surface area contributed by atoms with E-state index >= 15 is 0 Å². The van der Waals surface area contributed by atoms with Gasteiger partial charge in [-0.1, -0.05) is 23.7 Å². The van der Waals surface area contributed by atoms with E-state index in [1.54, 1.807) is 0 Å².